The third-order valence-corrected chi connectivity index (χ3v) is 4.92. The number of benzene rings is 1. The van der Waals surface area contributed by atoms with Crippen LogP contribution in [0.25, 0.3) is 10.6 Å². The molecule has 0 spiro atoms. The standard InChI is InChI=1S/C17H21ClN4O2S/c1-4-10(2)13(19-14(23)11(3)18)15(24)20-17-22-21-16(25-17)12-8-6-5-7-9-12/h5-11,13H,4H2,1-3H3,(H,19,23)(H,20,22,24)/t10-,11+,13+/m0/s1. The number of hydrogen-bond acceptors (Lipinski definition) is 5. The van der Waals surface area contributed by atoms with Gasteiger partial charge >= 0.3 is 0 Å². The van der Waals surface area contributed by atoms with Crippen LogP contribution in [0.4, 0.5) is 5.13 Å². The number of anilines is 1. The molecule has 2 N–H and O–H groups in total. The van der Waals surface area contributed by atoms with Gasteiger partial charge in [-0.3, -0.25) is 14.9 Å². The Labute approximate surface area is 156 Å². The summed E-state index contributed by atoms with van der Waals surface area (Å²) in [6.45, 7) is 5.43. The molecule has 6 nitrogen and oxygen atoms in total. The number of aromatic nitrogens is 2. The number of halogens is 1. The largest absolute Gasteiger partial charge is 0.343 e. The van der Waals surface area contributed by atoms with E-state index < -0.39 is 11.4 Å². The van der Waals surface area contributed by atoms with Crippen molar-refractivity contribution in [1.82, 2.24) is 15.5 Å². The molecule has 0 aliphatic rings. The molecule has 1 aromatic heterocycles. The number of amides is 2. The molecule has 0 bridgehead atoms. The van der Waals surface area contributed by atoms with Crippen LogP contribution in [-0.4, -0.2) is 33.4 Å². The number of carbonyl (C=O) groups is 2. The third-order valence-electron chi connectivity index (χ3n) is 3.83. The molecule has 0 saturated heterocycles. The normalized spacial score (nSPS) is 14.4. The van der Waals surface area contributed by atoms with Gasteiger partial charge < -0.3 is 5.32 Å². The quantitative estimate of drug-likeness (QED) is 0.722. The molecular weight excluding hydrogens is 360 g/mol. The van der Waals surface area contributed by atoms with Gasteiger partial charge in [-0.1, -0.05) is 61.9 Å². The maximum Gasteiger partial charge on any atom is 0.249 e. The van der Waals surface area contributed by atoms with E-state index in [2.05, 4.69) is 20.8 Å². The molecule has 0 aliphatic heterocycles. The maximum atomic E-state index is 12.6. The third kappa shape index (κ3) is 5.24. The van der Waals surface area contributed by atoms with Gasteiger partial charge in [0.25, 0.3) is 0 Å². The number of carbonyl (C=O) groups excluding carboxylic acids is 2. The van der Waals surface area contributed by atoms with Gasteiger partial charge in [0.1, 0.15) is 16.4 Å². The van der Waals surface area contributed by atoms with Gasteiger partial charge in [-0.2, -0.15) is 0 Å². The summed E-state index contributed by atoms with van der Waals surface area (Å²) < 4.78 is 0. The van der Waals surface area contributed by atoms with Gasteiger partial charge in [0.15, 0.2) is 0 Å². The second-order valence-electron chi connectivity index (χ2n) is 5.76. The predicted molar refractivity (Wildman–Crippen MR) is 101 cm³/mol. The molecule has 8 heteroatoms. The highest BCUT2D eigenvalue weighted by Gasteiger charge is 2.28. The van der Waals surface area contributed by atoms with Crippen LogP contribution in [0.3, 0.4) is 0 Å². The number of nitrogens with one attached hydrogen (secondary N) is 2. The van der Waals surface area contributed by atoms with Crippen LogP contribution in [0.1, 0.15) is 27.2 Å². The van der Waals surface area contributed by atoms with Crippen LogP contribution in [0, 0.1) is 5.92 Å². The van der Waals surface area contributed by atoms with Crippen LogP contribution < -0.4 is 10.6 Å². The Morgan fingerprint density at radius 3 is 2.44 bits per heavy atom. The zero-order valence-corrected chi connectivity index (χ0v) is 15.9. The minimum atomic E-state index is -0.703. The minimum Gasteiger partial charge on any atom is -0.343 e. The van der Waals surface area contributed by atoms with E-state index in [1.54, 1.807) is 6.92 Å². The molecule has 2 rings (SSSR count). The highest BCUT2D eigenvalue weighted by molar-refractivity contribution is 7.18. The molecule has 0 unspecified atom stereocenters. The molecule has 0 aliphatic carbocycles. The highest BCUT2D eigenvalue weighted by Crippen LogP contribution is 2.26. The number of hydrogen-bond donors (Lipinski definition) is 2. The summed E-state index contributed by atoms with van der Waals surface area (Å²) in [4.78, 5) is 24.5. The van der Waals surface area contributed by atoms with E-state index in [0.717, 1.165) is 17.0 Å². The van der Waals surface area contributed by atoms with E-state index >= 15 is 0 Å². The molecular formula is C17H21ClN4O2S. The van der Waals surface area contributed by atoms with E-state index in [1.165, 1.54) is 11.3 Å². The molecule has 1 aromatic carbocycles. The van der Waals surface area contributed by atoms with Crippen molar-refractivity contribution in [2.24, 2.45) is 5.92 Å². The lowest BCUT2D eigenvalue weighted by Crippen LogP contribution is -2.49. The number of nitrogens with zero attached hydrogens (tertiary/aromatic N) is 2. The molecule has 25 heavy (non-hydrogen) atoms. The molecule has 0 radical (unpaired) electrons. The lowest BCUT2D eigenvalue weighted by Gasteiger charge is -2.23. The first-order valence-corrected chi connectivity index (χ1v) is 9.31. The Balaban J connectivity index is 2.10. The first-order chi connectivity index (χ1) is 11.9. The molecule has 1 heterocycles. The Morgan fingerprint density at radius 2 is 1.84 bits per heavy atom. The van der Waals surface area contributed by atoms with Gasteiger partial charge in [-0.15, -0.1) is 21.8 Å². The zero-order valence-electron chi connectivity index (χ0n) is 14.3. The highest BCUT2D eigenvalue weighted by atomic mass is 35.5. The zero-order chi connectivity index (χ0) is 18.4. The SMILES string of the molecule is CC[C@H](C)[C@@H](NC(=O)[C@@H](C)Cl)C(=O)Nc1nnc(-c2ccccc2)s1. The van der Waals surface area contributed by atoms with Crippen molar-refractivity contribution >= 4 is 39.9 Å². The molecule has 0 fully saturated rings. The summed E-state index contributed by atoms with van der Waals surface area (Å²) in [6, 6.07) is 8.92. The van der Waals surface area contributed by atoms with Crippen molar-refractivity contribution in [2.75, 3.05) is 5.32 Å². The lowest BCUT2D eigenvalue weighted by atomic mass is 9.98. The Kier molecular flexibility index (Phi) is 6.90. The van der Waals surface area contributed by atoms with Crippen molar-refractivity contribution in [3.63, 3.8) is 0 Å². The summed E-state index contributed by atoms with van der Waals surface area (Å²) in [7, 11) is 0. The average Bonchev–Trinajstić information content (AvgIpc) is 3.07. The van der Waals surface area contributed by atoms with Crippen LogP contribution in [0.5, 0.6) is 0 Å². The van der Waals surface area contributed by atoms with Crippen molar-refractivity contribution in [2.45, 2.75) is 38.6 Å². The molecule has 0 saturated carbocycles. The number of alkyl halides is 1. The van der Waals surface area contributed by atoms with Gasteiger partial charge in [-0.25, -0.2) is 0 Å². The van der Waals surface area contributed by atoms with Gasteiger partial charge in [0.05, 0.1) is 0 Å². The first kappa shape index (κ1) is 19.3. The van der Waals surface area contributed by atoms with E-state index in [4.69, 9.17) is 11.6 Å². The summed E-state index contributed by atoms with van der Waals surface area (Å²) >= 11 is 7.08. The molecule has 2 aromatic rings. The van der Waals surface area contributed by atoms with Crippen LogP contribution >= 0.6 is 22.9 Å². The van der Waals surface area contributed by atoms with Crippen LogP contribution in [0.15, 0.2) is 30.3 Å². The summed E-state index contributed by atoms with van der Waals surface area (Å²) in [5.74, 6) is -0.735. The Bertz CT molecular complexity index is 720. The predicted octanol–water partition coefficient (Wildman–Crippen LogP) is 3.30. The number of rotatable bonds is 7. The fourth-order valence-electron chi connectivity index (χ4n) is 2.12. The van der Waals surface area contributed by atoms with Crippen LogP contribution in [-0.2, 0) is 9.59 Å². The second kappa shape index (κ2) is 8.92. The lowest BCUT2D eigenvalue weighted by molar-refractivity contribution is -0.127. The molecule has 3 atom stereocenters. The minimum absolute atomic E-state index is 0.0409. The fourth-order valence-corrected chi connectivity index (χ4v) is 2.94. The summed E-state index contributed by atoms with van der Waals surface area (Å²) in [5.41, 5.74) is 0.934. The summed E-state index contributed by atoms with van der Waals surface area (Å²) in [5, 5.41) is 14.0. The van der Waals surface area contributed by atoms with E-state index in [-0.39, 0.29) is 17.7 Å². The monoisotopic (exact) mass is 380 g/mol. The maximum absolute atomic E-state index is 12.6. The van der Waals surface area contributed by atoms with Crippen molar-refractivity contribution in [3.8, 4) is 10.6 Å². The van der Waals surface area contributed by atoms with Gasteiger partial charge in [-0.05, 0) is 12.8 Å². The van der Waals surface area contributed by atoms with Crippen molar-refractivity contribution in [1.29, 1.82) is 0 Å². The topological polar surface area (TPSA) is 84.0 Å². The average molecular weight is 381 g/mol. The van der Waals surface area contributed by atoms with E-state index in [0.29, 0.717) is 5.13 Å². The van der Waals surface area contributed by atoms with Gasteiger partial charge in [0, 0.05) is 5.56 Å². The Hall–Kier alpha value is -1.99. The second-order valence-corrected chi connectivity index (χ2v) is 7.39. The van der Waals surface area contributed by atoms with Crippen molar-refractivity contribution in [3.05, 3.63) is 30.3 Å². The van der Waals surface area contributed by atoms with Crippen LogP contribution in [0.2, 0.25) is 0 Å². The summed E-state index contributed by atoms with van der Waals surface area (Å²) in [6.07, 6.45) is 0.737. The van der Waals surface area contributed by atoms with E-state index in [9.17, 15) is 9.59 Å². The Morgan fingerprint density at radius 1 is 1.16 bits per heavy atom. The smallest absolute Gasteiger partial charge is 0.249 e. The van der Waals surface area contributed by atoms with Crippen molar-refractivity contribution < 1.29 is 9.59 Å². The first-order valence-electron chi connectivity index (χ1n) is 8.06. The van der Waals surface area contributed by atoms with E-state index in [1.807, 2.05) is 44.2 Å². The van der Waals surface area contributed by atoms with Gasteiger partial charge in [0.2, 0.25) is 16.9 Å². The fraction of sp³-hybridized carbons (Fsp3) is 0.412. The molecule has 134 valence electrons. The molecule has 2 amide bonds.